The van der Waals surface area contributed by atoms with Crippen LogP contribution in [0.15, 0.2) is 101 Å². The van der Waals surface area contributed by atoms with E-state index in [-0.39, 0.29) is 29.5 Å². The molecule has 4 aromatic rings. The third kappa shape index (κ3) is 12.6. The molecule has 0 aliphatic heterocycles. The summed E-state index contributed by atoms with van der Waals surface area (Å²) < 4.78 is 34.2. The highest BCUT2D eigenvalue weighted by molar-refractivity contribution is 7.99. The van der Waals surface area contributed by atoms with Gasteiger partial charge in [-0.1, -0.05) is 42.5 Å². The topological polar surface area (TPSA) is 180 Å². The Hall–Kier alpha value is -5.45. The summed E-state index contributed by atoms with van der Waals surface area (Å²) in [4.78, 5) is 53.2. The first-order chi connectivity index (χ1) is 26.2. The minimum atomic E-state index is -4.53. The van der Waals surface area contributed by atoms with Crippen molar-refractivity contribution in [2.24, 2.45) is 0 Å². The highest BCUT2D eigenvalue weighted by Crippen LogP contribution is 2.32. The van der Waals surface area contributed by atoms with Crippen LogP contribution in [0.1, 0.15) is 28.8 Å². The number of nitrogens with one attached hydrogen (secondary N) is 3. The SMILES string of the molecule is COc1cc(CCC(=O)NCCN(C)C)ccc1-c1ccc(C(=O)NS(=O)(=O)c2ccc(N[C@@H](CSc3ccccc3)CC(=O)N(C)C)c([N+](=O)[O-])c2)cc1. The maximum atomic E-state index is 13.3. The van der Waals surface area contributed by atoms with Crippen molar-refractivity contribution in [1.29, 1.82) is 0 Å². The van der Waals surface area contributed by atoms with Gasteiger partial charge in [-0.25, -0.2) is 13.1 Å². The quantitative estimate of drug-likeness (QED) is 0.0658. The lowest BCUT2D eigenvalue weighted by molar-refractivity contribution is -0.384. The second kappa shape index (κ2) is 19.8. The molecule has 4 aromatic carbocycles. The fourth-order valence-electron chi connectivity index (χ4n) is 5.37. The lowest BCUT2D eigenvalue weighted by Gasteiger charge is -2.21. The Morgan fingerprint density at radius 3 is 2.27 bits per heavy atom. The lowest BCUT2D eigenvalue weighted by atomic mass is 9.99. The van der Waals surface area contributed by atoms with Gasteiger partial charge in [-0.15, -0.1) is 11.8 Å². The van der Waals surface area contributed by atoms with Gasteiger partial charge < -0.3 is 25.2 Å². The number of hydrogen-bond acceptors (Lipinski definition) is 11. The molecule has 4 rings (SSSR count). The number of carbonyl (C=O) groups excluding carboxylic acids is 3. The molecule has 16 heteroatoms. The minimum absolute atomic E-state index is 0.0284. The van der Waals surface area contributed by atoms with E-state index < -0.39 is 37.5 Å². The zero-order valence-electron chi connectivity index (χ0n) is 31.4. The standard InChI is InChI=1S/C39H46N6O8S2/c1-43(2)22-21-40-37(46)20-12-27-11-18-33(36(23-27)53-5)28-13-15-29(16-14-28)39(48)42-55(51,52)32-17-19-34(35(25-32)45(49)50)41-30(24-38(47)44(3)4)26-54-31-9-7-6-8-10-31/h6-11,13-19,23,25,30,41H,12,20-22,24,26H2,1-5H3,(H,40,46)(H,42,48)/t30-/m1/s1. The molecule has 0 aromatic heterocycles. The molecule has 0 bridgehead atoms. The van der Waals surface area contributed by atoms with Crippen molar-refractivity contribution in [3.63, 3.8) is 0 Å². The van der Waals surface area contributed by atoms with Gasteiger partial charge in [-0.3, -0.25) is 24.5 Å². The van der Waals surface area contributed by atoms with Crippen molar-refractivity contribution in [1.82, 2.24) is 19.8 Å². The number of likely N-dealkylation sites (N-methyl/N-ethyl adjacent to an activating group) is 1. The minimum Gasteiger partial charge on any atom is -0.496 e. The Kier molecular flexibility index (Phi) is 15.2. The molecule has 0 spiro atoms. The summed E-state index contributed by atoms with van der Waals surface area (Å²) in [5.74, 6) is -0.199. The Labute approximate surface area is 325 Å². The normalized spacial score (nSPS) is 11.7. The zero-order valence-corrected chi connectivity index (χ0v) is 33.0. The van der Waals surface area contributed by atoms with Gasteiger partial charge in [0.1, 0.15) is 11.4 Å². The van der Waals surface area contributed by atoms with E-state index in [0.717, 1.165) is 34.7 Å². The largest absolute Gasteiger partial charge is 0.496 e. The van der Waals surface area contributed by atoms with Gasteiger partial charge in [0.2, 0.25) is 11.8 Å². The van der Waals surface area contributed by atoms with Crippen LogP contribution in [0.4, 0.5) is 11.4 Å². The molecule has 0 saturated carbocycles. The number of carbonyl (C=O) groups is 3. The molecule has 0 aliphatic carbocycles. The number of nitro groups is 1. The molecule has 14 nitrogen and oxygen atoms in total. The van der Waals surface area contributed by atoms with Crippen molar-refractivity contribution in [3.05, 3.63) is 112 Å². The Balaban J connectivity index is 1.45. The maximum absolute atomic E-state index is 13.3. The van der Waals surface area contributed by atoms with E-state index >= 15 is 0 Å². The molecular formula is C39H46N6O8S2. The molecule has 0 unspecified atom stereocenters. The van der Waals surface area contributed by atoms with Gasteiger partial charge in [-0.05, 0) is 74.1 Å². The average Bonchev–Trinajstić information content (AvgIpc) is 3.16. The molecule has 0 radical (unpaired) electrons. The fraction of sp³-hybridized carbons (Fsp3) is 0.308. The molecule has 0 aliphatic rings. The van der Waals surface area contributed by atoms with Gasteiger partial charge in [-0.2, -0.15) is 0 Å². The van der Waals surface area contributed by atoms with Gasteiger partial charge in [0, 0.05) is 73.9 Å². The number of anilines is 1. The number of nitrogens with zero attached hydrogens (tertiary/aromatic N) is 3. The van der Waals surface area contributed by atoms with Crippen LogP contribution in [-0.2, 0) is 26.0 Å². The second-order valence-corrected chi connectivity index (χ2v) is 15.9. The van der Waals surface area contributed by atoms with E-state index in [2.05, 4.69) is 10.6 Å². The van der Waals surface area contributed by atoms with Crippen LogP contribution in [0.25, 0.3) is 11.1 Å². The van der Waals surface area contributed by atoms with Crippen LogP contribution in [0.5, 0.6) is 5.75 Å². The van der Waals surface area contributed by atoms with E-state index in [4.69, 9.17) is 4.74 Å². The number of ether oxygens (including phenoxy) is 1. The summed E-state index contributed by atoms with van der Waals surface area (Å²) in [5.41, 5.74) is 1.88. The van der Waals surface area contributed by atoms with Gasteiger partial charge in [0.25, 0.3) is 21.6 Å². The van der Waals surface area contributed by atoms with Crippen LogP contribution in [-0.4, -0.2) is 101 Å². The third-order valence-electron chi connectivity index (χ3n) is 8.42. The molecular weight excluding hydrogens is 745 g/mol. The lowest BCUT2D eigenvalue weighted by Crippen LogP contribution is -2.32. The van der Waals surface area contributed by atoms with Crippen molar-refractivity contribution >= 4 is 50.9 Å². The third-order valence-corrected chi connectivity index (χ3v) is 10.9. The Bertz CT molecular complexity index is 2080. The first-order valence-corrected chi connectivity index (χ1v) is 19.8. The number of methoxy groups -OCH3 is 1. The van der Waals surface area contributed by atoms with Crippen LogP contribution >= 0.6 is 11.8 Å². The zero-order chi connectivity index (χ0) is 40.1. The van der Waals surface area contributed by atoms with E-state index in [9.17, 15) is 32.9 Å². The predicted molar refractivity (Wildman–Crippen MR) is 214 cm³/mol. The molecule has 55 heavy (non-hydrogen) atoms. The molecule has 0 saturated heterocycles. The van der Waals surface area contributed by atoms with Gasteiger partial charge >= 0.3 is 0 Å². The number of thioether (sulfide) groups is 1. The Morgan fingerprint density at radius 2 is 1.64 bits per heavy atom. The van der Waals surface area contributed by atoms with Crippen LogP contribution in [0.2, 0.25) is 0 Å². The monoisotopic (exact) mass is 790 g/mol. The highest BCUT2D eigenvalue weighted by atomic mass is 32.2. The number of aryl methyl sites for hydroxylation is 1. The highest BCUT2D eigenvalue weighted by Gasteiger charge is 2.26. The van der Waals surface area contributed by atoms with Crippen LogP contribution in [0.3, 0.4) is 0 Å². The van der Waals surface area contributed by atoms with E-state index in [1.807, 2.05) is 72.2 Å². The van der Waals surface area contributed by atoms with E-state index in [1.54, 1.807) is 26.2 Å². The van der Waals surface area contributed by atoms with E-state index in [1.165, 1.54) is 42.0 Å². The van der Waals surface area contributed by atoms with Crippen LogP contribution in [0, 0.1) is 10.1 Å². The fourth-order valence-corrected chi connectivity index (χ4v) is 7.30. The summed E-state index contributed by atoms with van der Waals surface area (Å²) in [5, 5.41) is 18.1. The van der Waals surface area contributed by atoms with Crippen molar-refractivity contribution in [2.45, 2.75) is 35.1 Å². The summed E-state index contributed by atoms with van der Waals surface area (Å²) >= 11 is 1.47. The maximum Gasteiger partial charge on any atom is 0.293 e. The first-order valence-electron chi connectivity index (χ1n) is 17.4. The smallest absolute Gasteiger partial charge is 0.293 e. The number of sulfonamides is 1. The van der Waals surface area contributed by atoms with Crippen molar-refractivity contribution in [2.75, 3.05) is 59.5 Å². The second-order valence-electron chi connectivity index (χ2n) is 13.1. The van der Waals surface area contributed by atoms with Gasteiger partial charge in [0.05, 0.1) is 16.9 Å². The first kappa shape index (κ1) is 42.3. The summed E-state index contributed by atoms with van der Waals surface area (Å²) in [6.45, 7) is 1.32. The number of benzene rings is 4. The summed E-state index contributed by atoms with van der Waals surface area (Å²) in [6, 6.07) is 24.1. The summed E-state index contributed by atoms with van der Waals surface area (Å²) in [7, 11) is 4.11. The molecule has 0 heterocycles. The molecule has 3 N–H and O–H groups in total. The molecule has 1 atom stereocenters. The molecule has 0 fully saturated rings. The predicted octanol–water partition coefficient (Wildman–Crippen LogP) is 5.05. The van der Waals surface area contributed by atoms with Crippen LogP contribution < -0.4 is 20.1 Å². The van der Waals surface area contributed by atoms with Gasteiger partial charge in [0.15, 0.2) is 0 Å². The number of rotatable bonds is 19. The number of nitro benzene ring substituents is 1. The average molecular weight is 791 g/mol. The van der Waals surface area contributed by atoms with E-state index in [0.29, 0.717) is 36.5 Å². The number of hydrogen-bond donors (Lipinski definition) is 3. The van der Waals surface area contributed by atoms with Crippen molar-refractivity contribution in [3.8, 4) is 16.9 Å². The molecule has 292 valence electrons. The Morgan fingerprint density at radius 1 is 0.927 bits per heavy atom. The summed E-state index contributed by atoms with van der Waals surface area (Å²) in [6.07, 6.45) is 0.881. The molecule has 3 amide bonds. The van der Waals surface area contributed by atoms with Crippen molar-refractivity contribution < 1.29 is 32.5 Å². The number of amides is 3.